The summed E-state index contributed by atoms with van der Waals surface area (Å²) in [5, 5.41) is 0. The zero-order chi connectivity index (χ0) is 8.49. The van der Waals surface area contributed by atoms with Gasteiger partial charge in [0.25, 0.3) is 0 Å². The zero-order valence-electron chi connectivity index (χ0n) is 7.37. The van der Waals surface area contributed by atoms with Crippen LogP contribution in [0.1, 0.15) is 25.7 Å². The highest BCUT2D eigenvalue weighted by molar-refractivity contribution is 5.05. The molecule has 0 N–H and O–H groups in total. The SMILES string of the molecule is [C]1=C\C/C=C/C=C\CC/C=C\C/1. The summed E-state index contributed by atoms with van der Waals surface area (Å²) in [5.74, 6) is 0. The molecule has 0 atom stereocenters. The molecule has 0 spiro atoms. The lowest BCUT2D eigenvalue weighted by molar-refractivity contribution is 1.04. The van der Waals surface area contributed by atoms with Crippen molar-refractivity contribution in [2.24, 2.45) is 0 Å². The van der Waals surface area contributed by atoms with Crippen molar-refractivity contribution in [2.75, 3.05) is 0 Å². The average Bonchev–Trinajstić information content (AvgIpc) is 2.05. The van der Waals surface area contributed by atoms with Gasteiger partial charge in [0.15, 0.2) is 0 Å². The van der Waals surface area contributed by atoms with Crippen molar-refractivity contribution in [1.82, 2.24) is 0 Å². The predicted octanol–water partition coefficient (Wildman–Crippen LogP) is 3.59. The van der Waals surface area contributed by atoms with Gasteiger partial charge in [0, 0.05) is 0 Å². The second-order valence-corrected chi connectivity index (χ2v) is 2.75. The van der Waals surface area contributed by atoms with Crippen LogP contribution in [-0.4, -0.2) is 0 Å². The van der Waals surface area contributed by atoms with Crippen molar-refractivity contribution in [1.29, 1.82) is 0 Å². The molecule has 0 aliphatic heterocycles. The van der Waals surface area contributed by atoms with Gasteiger partial charge in [0.1, 0.15) is 0 Å². The molecule has 1 radical (unpaired) electrons. The monoisotopic (exact) mass is 159 g/mol. The van der Waals surface area contributed by atoms with Gasteiger partial charge in [-0.3, -0.25) is 0 Å². The molecule has 0 saturated carbocycles. The van der Waals surface area contributed by atoms with E-state index in [0.717, 1.165) is 25.7 Å². The molecule has 0 aromatic carbocycles. The van der Waals surface area contributed by atoms with Crippen molar-refractivity contribution in [2.45, 2.75) is 25.7 Å². The Morgan fingerprint density at radius 2 is 1.67 bits per heavy atom. The molecule has 0 unspecified atom stereocenters. The molecule has 0 bridgehead atoms. The Bertz CT molecular complexity index is 204. The molecule has 0 heterocycles. The zero-order valence-corrected chi connectivity index (χ0v) is 7.37. The molecule has 1 aliphatic rings. The second-order valence-electron chi connectivity index (χ2n) is 2.75. The molecular formula is C12H15. The minimum Gasteiger partial charge on any atom is -0.0879 e. The van der Waals surface area contributed by atoms with Crippen LogP contribution in [0.4, 0.5) is 0 Å². The molecule has 0 aromatic rings. The van der Waals surface area contributed by atoms with Crippen molar-refractivity contribution in [3.8, 4) is 0 Å². The molecule has 0 fully saturated rings. The summed E-state index contributed by atoms with van der Waals surface area (Å²) in [6.07, 6.45) is 22.5. The third-order valence-corrected chi connectivity index (χ3v) is 1.68. The molecule has 0 heteroatoms. The Kier molecular flexibility index (Phi) is 5.02. The summed E-state index contributed by atoms with van der Waals surface area (Å²) >= 11 is 0. The number of hydrogen-bond donors (Lipinski definition) is 0. The highest BCUT2D eigenvalue weighted by Crippen LogP contribution is 1.97. The van der Waals surface area contributed by atoms with Crippen LogP contribution in [-0.2, 0) is 0 Å². The predicted molar refractivity (Wildman–Crippen MR) is 53.7 cm³/mol. The first-order valence-corrected chi connectivity index (χ1v) is 4.52. The first kappa shape index (κ1) is 9.05. The van der Waals surface area contributed by atoms with Crippen LogP contribution in [0.25, 0.3) is 0 Å². The van der Waals surface area contributed by atoms with Crippen molar-refractivity contribution >= 4 is 0 Å². The van der Waals surface area contributed by atoms with E-state index in [1.165, 1.54) is 0 Å². The molecule has 0 amide bonds. The summed E-state index contributed by atoms with van der Waals surface area (Å²) in [7, 11) is 0. The lowest BCUT2D eigenvalue weighted by atomic mass is 10.2. The topological polar surface area (TPSA) is 0 Å². The van der Waals surface area contributed by atoms with Gasteiger partial charge in [0.05, 0.1) is 0 Å². The van der Waals surface area contributed by atoms with Gasteiger partial charge >= 0.3 is 0 Å². The van der Waals surface area contributed by atoms with E-state index in [-0.39, 0.29) is 0 Å². The van der Waals surface area contributed by atoms with Gasteiger partial charge in [-0.2, -0.15) is 0 Å². The summed E-state index contributed by atoms with van der Waals surface area (Å²) in [6.45, 7) is 0. The Labute approximate surface area is 75.0 Å². The van der Waals surface area contributed by atoms with E-state index >= 15 is 0 Å². The lowest BCUT2D eigenvalue weighted by Crippen LogP contribution is -1.67. The largest absolute Gasteiger partial charge is 0.0879 e. The van der Waals surface area contributed by atoms with Crippen LogP contribution in [0.2, 0.25) is 0 Å². The van der Waals surface area contributed by atoms with Crippen LogP contribution in [0.3, 0.4) is 0 Å². The Balaban J connectivity index is 2.41. The van der Waals surface area contributed by atoms with E-state index in [0.29, 0.717) is 0 Å². The normalized spacial score (nSPS) is 29.3. The van der Waals surface area contributed by atoms with E-state index in [2.05, 4.69) is 48.6 Å². The van der Waals surface area contributed by atoms with Gasteiger partial charge in [-0.05, 0) is 31.8 Å². The quantitative estimate of drug-likeness (QED) is 0.474. The maximum absolute atomic E-state index is 3.22. The average molecular weight is 159 g/mol. The highest BCUT2D eigenvalue weighted by Gasteiger charge is 1.78. The highest BCUT2D eigenvalue weighted by atomic mass is 13.8. The molecule has 1 aliphatic carbocycles. The summed E-state index contributed by atoms with van der Waals surface area (Å²) in [6, 6.07) is 0. The minimum atomic E-state index is 0.956. The Morgan fingerprint density at radius 3 is 2.67 bits per heavy atom. The number of allylic oxidation sites excluding steroid dienone is 8. The van der Waals surface area contributed by atoms with Gasteiger partial charge in [-0.25, -0.2) is 0 Å². The Morgan fingerprint density at radius 1 is 0.833 bits per heavy atom. The van der Waals surface area contributed by atoms with Crippen molar-refractivity contribution in [3.63, 3.8) is 0 Å². The van der Waals surface area contributed by atoms with Crippen LogP contribution in [0.5, 0.6) is 0 Å². The fourth-order valence-corrected chi connectivity index (χ4v) is 1.03. The first-order chi connectivity index (χ1) is 6.00. The van der Waals surface area contributed by atoms with Gasteiger partial charge < -0.3 is 0 Å². The van der Waals surface area contributed by atoms with E-state index < -0.39 is 0 Å². The third-order valence-electron chi connectivity index (χ3n) is 1.68. The third kappa shape index (κ3) is 4.73. The fourth-order valence-electron chi connectivity index (χ4n) is 1.03. The van der Waals surface area contributed by atoms with Crippen molar-refractivity contribution < 1.29 is 0 Å². The van der Waals surface area contributed by atoms with Crippen LogP contribution in [0.15, 0.2) is 42.5 Å². The lowest BCUT2D eigenvalue weighted by Gasteiger charge is -1.87. The van der Waals surface area contributed by atoms with E-state index in [4.69, 9.17) is 0 Å². The maximum Gasteiger partial charge on any atom is -0.00978 e. The molecule has 0 nitrogen and oxygen atoms in total. The van der Waals surface area contributed by atoms with Gasteiger partial charge in [0.2, 0.25) is 0 Å². The van der Waals surface area contributed by atoms with E-state index in [1.807, 2.05) is 0 Å². The summed E-state index contributed by atoms with van der Waals surface area (Å²) in [5.41, 5.74) is 0. The van der Waals surface area contributed by atoms with E-state index in [1.54, 1.807) is 0 Å². The maximum atomic E-state index is 3.22. The summed E-state index contributed by atoms with van der Waals surface area (Å²) < 4.78 is 0. The van der Waals surface area contributed by atoms with Crippen LogP contribution in [0, 0.1) is 6.08 Å². The standard InChI is InChI=1S/C12H15/c1-2-4-6-8-10-12-11-9-7-5-3-1/h1-4,7,10,12H,5-6,8,11H2/b3-1+,4-2-,9-7?,12-10-. The minimum absolute atomic E-state index is 0.956. The van der Waals surface area contributed by atoms with Crippen LogP contribution >= 0.6 is 0 Å². The number of hydrogen-bond acceptors (Lipinski definition) is 0. The molecular weight excluding hydrogens is 144 g/mol. The van der Waals surface area contributed by atoms with Gasteiger partial charge in [-0.1, -0.05) is 42.5 Å². The molecule has 1 rings (SSSR count). The first-order valence-electron chi connectivity index (χ1n) is 4.52. The van der Waals surface area contributed by atoms with E-state index in [9.17, 15) is 0 Å². The molecule has 0 aromatic heterocycles. The molecule has 12 heavy (non-hydrogen) atoms. The Hall–Kier alpha value is -1.04. The fraction of sp³-hybridized carbons (Fsp3) is 0.333. The smallest absolute Gasteiger partial charge is 0.00978 e. The van der Waals surface area contributed by atoms with Crippen molar-refractivity contribution in [3.05, 3.63) is 48.6 Å². The van der Waals surface area contributed by atoms with Gasteiger partial charge in [-0.15, -0.1) is 0 Å². The number of rotatable bonds is 0. The molecule has 63 valence electrons. The molecule has 0 saturated heterocycles. The second kappa shape index (κ2) is 6.66. The van der Waals surface area contributed by atoms with Crippen LogP contribution < -0.4 is 0 Å². The summed E-state index contributed by atoms with van der Waals surface area (Å²) in [4.78, 5) is 0.